The Balaban J connectivity index is 1.78. The van der Waals surface area contributed by atoms with Crippen molar-refractivity contribution in [2.75, 3.05) is 36.5 Å². The molecule has 0 N–H and O–H groups in total. The number of rotatable bonds is 3. The van der Waals surface area contributed by atoms with E-state index in [9.17, 15) is 4.79 Å². The Kier molecular flexibility index (Phi) is 4.14. The molecular formula is C17H20N4O2. The monoisotopic (exact) mass is 312 g/mol. The minimum Gasteiger partial charge on any atom is -0.497 e. The first-order valence-corrected chi connectivity index (χ1v) is 7.58. The van der Waals surface area contributed by atoms with Crippen LogP contribution in [-0.2, 0) is 4.79 Å². The molecule has 1 aliphatic heterocycles. The van der Waals surface area contributed by atoms with Gasteiger partial charge < -0.3 is 14.5 Å². The molecule has 6 nitrogen and oxygen atoms in total. The maximum atomic E-state index is 12.5. The Morgan fingerprint density at radius 1 is 1.09 bits per heavy atom. The highest BCUT2D eigenvalue weighted by molar-refractivity contribution is 5.97. The molecule has 0 spiro atoms. The van der Waals surface area contributed by atoms with Gasteiger partial charge in [0.05, 0.1) is 7.11 Å². The van der Waals surface area contributed by atoms with Crippen LogP contribution in [0.2, 0.25) is 0 Å². The zero-order chi connectivity index (χ0) is 16.4. The second-order valence-electron chi connectivity index (χ2n) is 5.62. The quantitative estimate of drug-likeness (QED) is 0.867. The summed E-state index contributed by atoms with van der Waals surface area (Å²) in [6.07, 6.45) is 0. The average Bonchev–Trinajstić information content (AvgIpc) is 2.54. The van der Waals surface area contributed by atoms with E-state index in [1.54, 1.807) is 12.0 Å². The van der Waals surface area contributed by atoms with E-state index in [0.717, 1.165) is 22.8 Å². The van der Waals surface area contributed by atoms with E-state index in [4.69, 9.17) is 4.74 Å². The smallest absolute Gasteiger partial charge is 0.246 e. The van der Waals surface area contributed by atoms with E-state index in [0.29, 0.717) is 19.0 Å². The topological polar surface area (TPSA) is 58.6 Å². The minimum atomic E-state index is 0.0345. The third kappa shape index (κ3) is 3.26. The summed E-state index contributed by atoms with van der Waals surface area (Å²) in [6, 6.07) is 9.48. The van der Waals surface area contributed by atoms with Crippen molar-refractivity contribution in [1.29, 1.82) is 0 Å². The zero-order valence-electron chi connectivity index (χ0n) is 13.6. The maximum Gasteiger partial charge on any atom is 0.246 e. The highest BCUT2D eigenvalue weighted by atomic mass is 16.5. The highest BCUT2D eigenvalue weighted by Crippen LogP contribution is 2.23. The predicted molar refractivity (Wildman–Crippen MR) is 89.1 cm³/mol. The molecular weight excluding hydrogens is 292 g/mol. The van der Waals surface area contributed by atoms with Crippen LogP contribution in [0.25, 0.3) is 0 Å². The van der Waals surface area contributed by atoms with Gasteiger partial charge >= 0.3 is 0 Å². The Morgan fingerprint density at radius 3 is 2.48 bits per heavy atom. The van der Waals surface area contributed by atoms with Crippen LogP contribution >= 0.6 is 0 Å². The minimum absolute atomic E-state index is 0.0345. The molecule has 1 saturated heterocycles. The van der Waals surface area contributed by atoms with Crippen molar-refractivity contribution < 1.29 is 9.53 Å². The Bertz CT molecular complexity index is 712. The molecule has 0 unspecified atom stereocenters. The van der Waals surface area contributed by atoms with Gasteiger partial charge in [0.2, 0.25) is 11.9 Å². The largest absolute Gasteiger partial charge is 0.497 e. The lowest BCUT2D eigenvalue weighted by Gasteiger charge is -2.34. The molecule has 23 heavy (non-hydrogen) atoms. The molecule has 0 bridgehead atoms. The molecule has 1 amide bonds. The van der Waals surface area contributed by atoms with Crippen molar-refractivity contribution in [2.24, 2.45) is 0 Å². The summed E-state index contributed by atoms with van der Waals surface area (Å²) in [4.78, 5) is 25.1. The standard InChI is InChI=1S/C17H20N4O2/c1-12-9-13(2)19-17(18-12)20-7-8-21(16(22)11-20)14-5-4-6-15(10-14)23-3/h4-6,9-10H,7-8,11H2,1-3H3. The Labute approximate surface area is 135 Å². The van der Waals surface area contributed by atoms with Crippen LogP contribution in [0.3, 0.4) is 0 Å². The van der Waals surface area contributed by atoms with Crippen molar-refractivity contribution in [3.8, 4) is 5.75 Å². The number of methoxy groups -OCH3 is 1. The van der Waals surface area contributed by atoms with Crippen molar-refractivity contribution in [1.82, 2.24) is 9.97 Å². The number of piperazine rings is 1. The van der Waals surface area contributed by atoms with E-state index < -0.39 is 0 Å². The lowest BCUT2D eigenvalue weighted by Crippen LogP contribution is -2.51. The van der Waals surface area contributed by atoms with E-state index >= 15 is 0 Å². The van der Waals surface area contributed by atoms with Crippen LogP contribution in [0.1, 0.15) is 11.4 Å². The van der Waals surface area contributed by atoms with Crippen LogP contribution in [0, 0.1) is 13.8 Å². The van der Waals surface area contributed by atoms with E-state index in [-0.39, 0.29) is 12.5 Å². The van der Waals surface area contributed by atoms with Gasteiger partial charge in [0, 0.05) is 36.2 Å². The number of carbonyl (C=O) groups excluding carboxylic acids is 1. The number of nitrogens with zero attached hydrogens (tertiary/aromatic N) is 4. The van der Waals surface area contributed by atoms with Gasteiger partial charge in [0.1, 0.15) is 12.3 Å². The molecule has 0 aliphatic carbocycles. The van der Waals surface area contributed by atoms with Crippen LogP contribution < -0.4 is 14.5 Å². The van der Waals surface area contributed by atoms with Gasteiger partial charge in [-0.2, -0.15) is 0 Å². The van der Waals surface area contributed by atoms with E-state index in [1.807, 2.05) is 49.1 Å². The summed E-state index contributed by atoms with van der Waals surface area (Å²) in [6.45, 7) is 5.45. The molecule has 0 radical (unpaired) electrons. The van der Waals surface area contributed by atoms with Crippen molar-refractivity contribution in [2.45, 2.75) is 13.8 Å². The third-order valence-corrected chi connectivity index (χ3v) is 3.84. The molecule has 1 fully saturated rings. The summed E-state index contributed by atoms with van der Waals surface area (Å²) in [5.41, 5.74) is 2.68. The van der Waals surface area contributed by atoms with Gasteiger partial charge in [-0.05, 0) is 32.0 Å². The molecule has 2 heterocycles. The van der Waals surface area contributed by atoms with E-state index in [2.05, 4.69) is 9.97 Å². The summed E-state index contributed by atoms with van der Waals surface area (Å²) in [5.74, 6) is 1.41. The van der Waals surface area contributed by atoms with Crippen LogP contribution in [0.5, 0.6) is 5.75 Å². The van der Waals surface area contributed by atoms with Crippen molar-refractivity contribution >= 4 is 17.5 Å². The molecule has 120 valence electrons. The fraction of sp³-hybridized carbons (Fsp3) is 0.353. The summed E-state index contributed by atoms with van der Waals surface area (Å²) >= 11 is 0. The second kappa shape index (κ2) is 6.24. The number of hydrogen-bond acceptors (Lipinski definition) is 5. The van der Waals surface area contributed by atoms with Gasteiger partial charge in [0.25, 0.3) is 0 Å². The second-order valence-corrected chi connectivity index (χ2v) is 5.62. The number of benzene rings is 1. The van der Waals surface area contributed by atoms with Gasteiger partial charge in [-0.15, -0.1) is 0 Å². The SMILES string of the molecule is COc1cccc(N2CCN(c3nc(C)cc(C)n3)CC2=O)c1. The lowest BCUT2D eigenvalue weighted by atomic mass is 10.2. The summed E-state index contributed by atoms with van der Waals surface area (Å²) < 4.78 is 5.23. The molecule has 1 aromatic heterocycles. The fourth-order valence-corrected chi connectivity index (χ4v) is 2.74. The Hall–Kier alpha value is -2.63. The van der Waals surface area contributed by atoms with Gasteiger partial charge in [-0.25, -0.2) is 9.97 Å². The third-order valence-electron chi connectivity index (χ3n) is 3.84. The molecule has 2 aromatic rings. The number of carbonyl (C=O) groups is 1. The number of ether oxygens (including phenoxy) is 1. The summed E-state index contributed by atoms with van der Waals surface area (Å²) in [5, 5.41) is 0. The van der Waals surface area contributed by atoms with Gasteiger partial charge in [-0.1, -0.05) is 6.07 Å². The average molecular weight is 312 g/mol. The van der Waals surface area contributed by atoms with Crippen LogP contribution in [-0.4, -0.2) is 42.6 Å². The van der Waals surface area contributed by atoms with Crippen LogP contribution in [0.4, 0.5) is 11.6 Å². The van der Waals surface area contributed by atoms with Crippen molar-refractivity contribution in [3.63, 3.8) is 0 Å². The number of hydrogen-bond donors (Lipinski definition) is 0. The zero-order valence-corrected chi connectivity index (χ0v) is 13.6. The lowest BCUT2D eigenvalue weighted by molar-refractivity contribution is -0.117. The maximum absolute atomic E-state index is 12.5. The van der Waals surface area contributed by atoms with Crippen molar-refractivity contribution in [3.05, 3.63) is 41.7 Å². The fourth-order valence-electron chi connectivity index (χ4n) is 2.74. The first-order chi connectivity index (χ1) is 11.1. The first-order valence-electron chi connectivity index (χ1n) is 7.58. The number of aryl methyl sites for hydroxylation is 2. The molecule has 0 saturated carbocycles. The molecule has 0 atom stereocenters. The predicted octanol–water partition coefficient (Wildman–Crippen LogP) is 1.96. The number of aromatic nitrogens is 2. The summed E-state index contributed by atoms with van der Waals surface area (Å²) in [7, 11) is 1.62. The number of anilines is 2. The normalized spacial score (nSPS) is 15.0. The first kappa shape index (κ1) is 15.3. The highest BCUT2D eigenvalue weighted by Gasteiger charge is 2.27. The van der Waals surface area contributed by atoms with E-state index in [1.165, 1.54) is 0 Å². The Morgan fingerprint density at radius 2 is 1.83 bits per heavy atom. The molecule has 3 rings (SSSR count). The van der Waals surface area contributed by atoms with Gasteiger partial charge in [0.15, 0.2) is 0 Å². The van der Waals surface area contributed by atoms with Gasteiger partial charge in [-0.3, -0.25) is 4.79 Å². The molecule has 1 aromatic carbocycles. The molecule has 1 aliphatic rings. The van der Waals surface area contributed by atoms with Crippen LogP contribution in [0.15, 0.2) is 30.3 Å². The number of amides is 1. The molecule has 6 heteroatoms.